The quantitative estimate of drug-likeness (QED) is 0.929. The summed E-state index contributed by atoms with van der Waals surface area (Å²) in [6.45, 7) is 9.59. The molecule has 1 aromatic heterocycles. The Kier molecular flexibility index (Phi) is 4.55. The van der Waals surface area contributed by atoms with Gasteiger partial charge < -0.3 is 5.32 Å². The lowest BCUT2D eigenvalue weighted by molar-refractivity contribution is 0.422. The summed E-state index contributed by atoms with van der Waals surface area (Å²) in [7, 11) is 1.95. The fourth-order valence-corrected chi connectivity index (χ4v) is 2.84. The van der Waals surface area contributed by atoms with Crippen molar-refractivity contribution in [2.45, 2.75) is 49.6 Å². The predicted molar refractivity (Wildman–Crippen MR) is 85.1 cm³/mol. The second-order valence-corrected chi connectivity index (χ2v) is 7.28. The molecule has 0 aliphatic heterocycles. The predicted octanol–water partition coefficient (Wildman–Crippen LogP) is 3.77. The lowest BCUT2D eigenvalue weighted by atomic mass is 10.1. The van der Waals surface area contributed by atoms with Crippen molar-refractivity contribution in [1.29, 1.82) is 0 Å². The Balaban J connectivity index is 2.19. The van der Waals surface area contributed by atoms with Crippen molar-refractivity contribution in [1.82, 2.24) is 15.1 Å². The largest absolute Gasteiger partial charge is 0.308 e. The van der Waals surface area contributed by atoms with E-state index < -0.39 is 0 Å². The maximum absolute atomic E-state index is 4.23. The standard InChI is InChI=1S/C16H23N3S/c1-12-6-7-15(20-14-10-18-19(5)11-14)13(8-12)9-17-16(2,3)4/h6-8,10-11,17H,9H2,1-5H3. The van der Waals surface area contributed by atoms with Crippen LogP contribution >= 0.6 is 11.8 Å². The van der Waals surface area contributed by atoms with Crippen molar-refractivity contribution < 1.29 is 0 Å². The molecule has 1 aromatic carbocycles. The van der Waals surface area contributed by atoms with Crippen LogP contribution in [0.5, 0.6) is 0 Å². The van der Waals surface area contributed by atoms with Gasteiger partial charge in [-0.25, -0.2) is 0 Å². The summed E-state index contributed by atoms with van der Waals surface area (Å²) in [5.74, 6) is 0. The van der Waals surface area contributed by atoms with Gasteiger partial charge in [-0.3, -0.25) is 4.68 Å². The van der Waals surface area contributed by atoms with E-state index >= 15 is 0 Å². The number of nitrogens with one attached hydrogen (secondary N) is 1. The summed E-state index contributed by atoms with van der Waals surface area (Å²) < 4.78 is 1.84. The zero-order valence-corrected chi connectivity index (χ0v) is 13.7. The molecule has 0 radical (unpaired) electrons. The van der Waals surface area contributed by atoms with Crippen LogP contribution in [0.25, 0.3) is 0 Å². The SMILES string of the molecule is Cc1ccc(Sc2cnn(C)c2)c(CNC(C)(C)C)c1. The molecule has 20 heavy (non-hydrogen) atoms. The van der Waals surface area contributed by atoms with Crippen molar-refractivity contribution in [2.24, 2.45) is 7.05 Å². The molecule has 0 amide bonds. The molecule has 0 unspecified atom stereocenters. The van der Waals surface area contributed by atoms with Gasteiger partial charge in [0, 0.05) is 30.2 Å². The molecular weight excluding hydrogens is 266 g/mol. The van der Waals surface area contributed by atoms with Gasteiger partial charge in [-0.1, -0.05) is 29.5 Å². The van der Waals surface area contributed by atoms with Gasteiger partial charge in [0.05, 0.1) is 11.1 Å². The van der Waals surface area contributed by atoms with Gasteiger partial charge in [-0.05, 0) is 39.3 Å². The first-order valence-corrected chi connectivity index (χ1v) is 7.66. The smallest absolute Gasteiger partial charge is 0.0629 e. The fourth-order valence-electron chi connectivity index (χ4n) is 1.88. The second kappa shape index (κ2) is 6.02. The van der Waals surface area contributed by atoms with Gasteiger partial charge in [-0.15, -0.1) is 0 Å². The lowest BCUT2D eigenvalue weighted by Gasteiger charge is -2.21. The highest BCUT2D eigenvalue weighted by atomic mass is 32.2. The molecule has 0 atom stereocenters. The van der Waals surface area contributed by atoms with Crippen molar-refractivity contribution in [3.05, 3.63) is 41.7 Å². The van der Waals surface area contributed by atoms with Gasteiger partial charge in [-0.2, -0.15) is 5.10 Å². The van der Waals surface area contributed by atoms with Gasteiger partial charge >= 0.3 is 0 Å². The maximum atomic E-state index is 4.23. The molecule has 0 aliphatic rings. The molecule has 0 spiro atoms. The molecule has 2 rings (SSSR count). The van der Waals surface area contributed by atoms with Gasteiger partial charge in [0.2, 0.25) is 0 Å². The summed E-state index contributed by atoms with van der Waals surface area (Å²) in [6.07, 6.45) is 3.96. The van der Waals surface area contributed by atoms with Crippen molar-refractivity contribution in [3.63, 3.8) is 0 Å². The minimum absolute atomic E-state index is 0.125. The lowest BCUT2D eigenvalue weighted by Crippen LogP contribution is -2.35. The van der Waals surface area contributed by atoms with Crippen LogP contribution in [0.1, 0.15) is 31.9 Å². The minimum Gasteiger partial charge on any atom is -0.308 e. The Labute approximate surface area is 125 Å². The summed E-state index contributed by atoms with van der Waals surface area (Å²) in [6, 6.07) is 6.63. The van der Waals surface area contributed by atoms with E-state index in [1.165, 1.54) is 20.9 Å². The van der Waals surface area contributed by atoms with Crippen LogP contribution in [0.4, 0.5) is 0 Å². The van der Waals surface area contributed by atoms with Crippen molar-refractivity contribution in [2.75, 3.05) is 0 Å². The van der Waals surface area contributed by atoms with E-state index in [1.807, 2.05) is 24.1 Å². The maximum Gasteiger partial charge on any atom is 0.0629 e. The second-order valence-electron chi connectivity index (χ2n) is 6.17. The van der Waals surface area contributed by atoms with Gasteiger partial charge in [0.25, 0.3) is 0 Å². The van der Waals surface area contributed by atoms with Crippen molar-refractivity contribution in [3.8, 4) is 0 Å². The summed E-state index contributed by atoms with van der Waals surface area (Å²) in [5, 5.41) is 7.79. The number of benzene rings is 1. The Morgan fingerprint density at radius 3 is 2.65 bits per heavy atom. The highest BCUT2D eigenvalue weighted by Crippen LogP contribution is 2.30. The number of hydrogen-bond acceptors (Lipinski definition) is 3. The zero-order chi connectivity index (χ0) is 14.8. The number of aromatic nitrogens is 2. The zero-order valence-electron chi connectivity index (χ0n) is 12.9. The Bertz CT molecular complexity index is 582. The normalized spacial score (nSPS) is 11.8. The molecule has 0 aliphatic carbocycles. The average molecular weight is 289 g/mol. The number of hydrogen-bond donors (Lipinski definition) is 1. The van der Waals surface area contributed by atoms with Crippen LogP contribution in [0, 0.1) is 6.92 Å². The van der Waals surface area contributed by atoms with E-state index in [0.717, 1.165) is 6.54 Å². The topological polar surface area (TPSA) is 29.9 Å². The molecule has 0 saturated carbocycles. The van der Waals surface area contributed by atoms with E-state index in [0.29, 0.717) is 0 Å². The molecule has 0 bridgehead atoms. The number of rotatable bonds is 4. The number of nitrogens with zero attached hydrogens (tertiary/aromatic N) is 2. The van der Waals surface area contributed by atoms with E-state index in [4.69, 9.17) is 0 Å². The van der Waals surface area contributed by atoms with E-state index in [9.17, 15) is 0 Å². The third kappa shape index (κ3) is 4.39. The molecule has 3 nitrogen and oxygen atoms in total. The Hall–Kier alpha value is -1.26. The molecule has 1 heterocycles. The summed E-state index contributed by atoms with van der Waals surface area (Å²) in [5.41, 5.74) is 2.76. The first-order chi connectivity index (χ1) is 9.33. The van der Waals surface area contributed by atoms with Crippen LogP contribution < -0.4 is 5.32 Å². The molecule has 108 valence electrons. The molecule has 0 fully saturated rings. The molecule has 1 N–H and O–H groups in total. The van der Waals surface area contributed by atoms with Crippen LogP contribution in [0.3, 0.4) is 0 Å². The van der Waals surface area contributed by atoms with E-state index in [-0.39, 0.29) is 5.54 Å². The summed E-state index contributed by atoms with van der Waals surface area (Å²) >= 11 is 1.77. The van der Waals surface area contributed by atoms with Crippen LogP contribution in [-0.2, 0) is 13.6 Å². The average Bonchev–Trinajstić information content (AvgIpc) is 2.74. The van der Waals surface area contributed by atoms with Gasteiger partial charge in [0.15, 0.2) is 0 Å². The highest BCUT2D eigenvalue weighted by Gasteiger charge is 2.11. The van der Waals surface area contributed by atoms with Crippen LogP contribution in [0.15, 0.2) is 40.4 Å². The molecule has 0 saturated heterocycles. The molecular formula is C16H23N3S. The summed E-state index contributed by atoms with van der Waals surface area (Å²) in [4.78, 5) is 2.47. The Morgan fingerprint density at radius 1 is 1.30 bits per heavy atom. The van der Waals surface area contributed by atoms with E-state index in [2.05, 4.69) is 56.3 Å². The fraction of sp³-hybridized carbons (Fsp3) is 0.438. The monoisotopic (exact) mass is 289 g/mol. The molecule has 2 aromatic rings. The van der Waals surface area contributed by atoms with Crippen molar-refractivity contribution >= 4 is 11.8 Å². The first-order valence-electron chi connectivity index (χ1n) is 6.84. The third-order valence-corrected chi connectivity index (χ3v) is 4.00. The molecule has 4 heteroatoms. The van der Waals surface area contributed by atoms with Gasteiger partial charge in [0.1, 0.15) is 0 Å². The van der Waals surface area contributed by atoms with Crippen LogP contribution in [0.2, 0.25) is 0 Å². The van der Waals surface area contributed by atoms with Crippen LogP contribution in [-0.4, -0.2) is 15.3 Å². The van der Waals surface area contributed by atoms with E-state index in [1.54, 1.807) is 11.8 Å². The minimum atomic E-state index is 0.125. The highest BCUT2D eigenvalue weighted by molar-refractivity contribution is 7.99. The Morgan fingerprint density at radius 2 is 2.05 bits per heavy atom. The third-order valence-electron chi connectivity index (χ3n) is 2.93. The number of aryl methyl sites for hydroxylation is 2. The first kappa shape index (κ1) is 15.1.